The van der Waals surface area contributed by atoms with Gasteiger partial charge in [-0.1, -0.05) is 35.0 Å². The molecule has 0 unspecified atom stereocenters. The van der Waals surface area contributed by atoms with E-state index in [1.54, 1.807) is 29.8 Å². The number of methoxy groups -OCH3 is 1. The molecular formula is C19H18Cl2N4O3S2. The van der Waals surface area contributed by atoms with Crippen LogP contribution >= 0.6 is 46.3 Å². The molecule has 2 heterocycles. The first-order chi connectivity index (χ1) is 14.2. The first-order valence-electron chi connectivity index (χ1n) is 8.68. The van der Waals surface area contributed by atoms with Crippen LogP contribution < -0.4 is 5.32 Å². The fourth-order valence-electron chi connectivity index (χ4n) is 2.68. The molecule has 0 saturated heterocycles. The van der Waals surface area contributed by atoms with Gasteiger partial charge in [0.15, 0.2) is 11.0 Å². The molecule has 158 valence electrons. The highest BCUT2D eigenvalue weighted by atomic mass is 35.5. The van der Waals surface area contributed by atoms with Crippen molar-refractivity contribution in [3.05, 3.63) is 44.2 Å². The maximum Gasteiger partial charge on any atom is 0.341 e. The number of benzene rings is 1. The van der Waals surface area contributed by atoms with Crippen molar-refractivity contribution < 1.29 is 14.3 Å². The summed E-state index contributed by atoms with van der Waals surface area (Å²) < 4.78 is 6.60. The first-order valence-corrected chi connectivity index (χ1v) is 11.2. The van der Waals surface area contributed by atoms with Gasteiger partial charge in [-0.2, -0.15) is 0 Å². The fraction of sp³-hybridized carbons (Fsp3) is 0.263. The summed E-state index contributed by atoms with van der Waals surface area (Å²) in [6.45, 7) is 3.72. The lowest BCUT2D eigenvalue weighted by molar-refractivity contribution is -0.113. The molecule has 2 aromatic heterocycles. The number of nitrogens with zero attached hydrogens (tertiary/aromatic N) is 3. The third kappa shape index (κ3) is 4.64. The van der Waals surface area contributed by atoms with Crippen LogP contribution in [-0.4, -0.2) is 39.5 Å². The van der Waals surface area contributed by atoms with Crippen LogP contribution in [0.4, 0.5) is 5.00 Å². The van der Waals surface area contributed by atoms with Crippen molar-refractivity contribution in [3.63, 3.8) is 0 Å². The van der Waals surface area contributed by atoms with E-state index >= 15 is 0 Å². The van der Waals surface area contributed by atoms with Gasteiger partial charge in [0.2, 0.25) is 5.91 Å². The molecule has 0 aliphatic carbocycles. The highest BCUT2D eigenvalue weighted by Gasteiger charge is 2.22. The van der Waals surface area contributed by atoms with E-state index < -0.39 is 5.97 Å². The molecule has 0 fully saturated rings. The maximum absolute atomic E-state index is 12.5. The van der Waals surface area contributed by atoms with Crippen molar-refractivity contribution in [3.8, 4) is 11.4 Å². The Morgan fingerprint density at radius 2 is 1.97 bits per heavy atom. The lowest BCUT2D eigenvalue weighted by atomic mass is 10.1. The predicted molar refractivity (Wildman–Crippen MR) is 121 cm³/mol. The molecular weight excluding hydrogens is 467 g/mol. The van der Waals surface area contributed by atoms with E-state index in [-0.39, 0.29) is 11.7 Å². The van der Waals surface area contributed by atoms with E-state index in [9.17, 15) is 9.59 Å². The molecule has 1 amide bonds. The number of thiophene rings is 1. The predicted octanol–water partition coefficient (Wildman–Crippen LogP) is 4.98. The van der Waals surface area contributed by atoms with E-state index in [0.29, 0.717) is 31.6 Å². The second-order valence-electron chi connectivity index (χ2n) is 6.31. The van der Waals surface area contributed by atoms with E-state index in [2.05, 4.69) is 15.5 Å². The van der Waals surface area contributed by atoms with Crippen molar-refractivity contribution in [2.24, 2.45) is 7.05 Å². The number of carbonyl (C=O) groups excluding carboxylic acids is 2. The van der Waals surface area contributed by atoms with Crippen LogP contribution in [0.3, 0.4) is 0 Å². The van der Waals surface area contributed by atoms with E-state index in [0.717, 1.165) is 16.0 Å². The number of nitrogens with one attached hydrogen (secondary N) is 1. The van der Waals surface area contributed by atoms with Gasteiger partial charge in [0.25, 0.3) is 0 Å². The number of aryl methyl sites for hydroxylation is 1. The van der Waals surface area contributed by atoms with E-state index in [1.165, 1.54) is 30.2 Å². The lowest BCUT2D eigenvalue weighted by Crippen LogP contribution is -2.16. The Morgan fingerprint density at radius 1 is 1.23 bits per heavy atom. The second kappa shape index (κ2) is 9.38. The largest absolute Gasteiger partial charge is 0.465 e. The molecule has 7 nitrogen and oxygen atoms in total. The minimum absolute atomic E-state index is 0.101. The van der Waals surface area contributed by atoms with Crippen molar-refractivity contribution in [1.82, 2.24) is 14.8 Å². The molecule has 1 aromatic carbocycles. The Bertz CT molecular complexity index is 1130. The molecule has 0 atom stereocenters. The zero-order valence-corrected chi connectivity index (χ0v) is 19.7. The highest BCUT2D eigenvalue weighted by Crippen LogP contribution is 2.33. The Morgan fingerprint density at radius 3 is 2.63 bits per heavy atom. The quantitative estimate of drug-likeness (QED) is 0.391. The van der Waals surface area contributed by atoms with Crippen molar-refractivity contribution in [1.29, 1.82) is 0 Å². The number of amides is 1. The number of carbonyl (C=O) groups is 2. The average Bonchev–Trinajstić information content (AvgIpc) is 3.21. The lowest BCUT2D eigenvalue weighted by Gasteiger charge is -2.07. The van der Waals surface area contributed by atoms with Gasteiger partial charge in [0.05, 0.1) is 28.5 Å². The zero-order chi connectivity index (χ0) is 22.0. The second-order valence-corrected chi connectivity index (χ2v) is 9.29. The first kappa shape index (κ1) is 22.6. The van der Waals surface area contributed by atoms with Crippen LogP contribution in [0.1, 0.15) is 20.8 Å². The standard InChI is InChI=1S/C19H18Cl2N4O3S2/c1-9-10(2)30-17(15(9)18(27)28-4)22-14(26)8-29-19-24-23-16(25(19)3)11-5-6-12(20)13(21)7-11/h5-7H,8H2,1-4H3,(H,22,26). The molecule has 0 bridgehead atoms. The number of halogens is 2. The highest BCUT2D eigenvalue weighted by molar-refractivity contribution is 7.99. The number of hydrogen-bond donors (Lipinski definition) is 1. The number of ether oxygens (including phenoxy) is 1. The minimum Gasteiger partial charge on any atom is -0.465 e. The number of esters is 1. The van der Waals surface area contributed by atoms with Crippen molar-refractivity contribution >= 4 is 63.2 Å². The number of thioether (sulfide) groups is 1. The third-order valence-corrected chi connectivity index (χ3v) is 7.25. The molecule has 0 radical (unpaired) electrons. The molecule has 3 rings (SSSR count). The van der Waals surface area contributed by atoms with Crippen molar-refractivity contribution in [2.75, 3.05) is 18.2 Å². The van der Waals surface area contributed by atoms with Gasteiger partial charge in [-0.25, -0.2) is 4.79 Å². The normalized spacial score (nSPS) is 10.9. The Kier molecular flexibility index (Phi) is 7.07. The number of anilines is 1. The van der Waals surface area contributed by atoms with Crippen LogP contribution in [0.5, 0.6) is 0 Å². The van der Waals surface area contributed by atoms with Crippen LogP contribution in [0, 0.1) is 13.8 Å². The summed E-state index contributed by atoms with van der Waals surface area (Å²) >= 11 is 14.6. The summed E-state index contributed by atoms with van der Waals surface area (Å²) in [6.07, 6.45) is 0. The Balaban J connectivity index is 1.70. The van der Waals surface area contributed by atoms with Gasteiger partial charge in [0.1, 0.15) is 5.00 Å². The van der Waals surface area contributed by atoms with Crippen molar-refractivity contribution in [2.45, 2.75) is 19.0 Å². The molecule has 0 aliphatic rings. The van der Waals surface area contributed by atoms with E-state index in [4.69, 9.17) is 27.9 Å². The van der Waals surface area contributed by atoms with Crippen LogP contribution in [-0.2, 0) is 16.6 Å². The Labute approximate surface area is 191 Å². The Hall–Kier alpha value is -2.07. The molecule has 0 saturated carbocycles. The third-order valence-electron chi connectivity index (χ3n) is 4.37. The molecule has 11 heteroatoms. The fourth-order valence-corrected chi connectivity index (χ4v) is 4.76. The smallest absolute Gasteiger partial charge is 0.341 e. The van der Waals surface area contributed by atoms with Crippen LogP contribution in [0.15, 0.2) is 23.4 Å². The minimum atomic E-state index is -0.473. The number of aromatic nitrogens is 3. The molecule has 0 aliphatic heterocycles. The summed E-state index contributed by atoms with van der Waals surface area (Å²) in [5.41, 5.74) is 1.95. The van der Waals surface area contributed by atoms with E-state index in [1.807, 2.05) is 13.8 Å². The average molecular weight is 485 g/mol. The monoisotopic (exact) mass is 484 g/mol. The SMILES string of the molecule is COC(=O)c1c(NC(=O)CSc2nnc(-c3ccc(Cl)c(Cl)c3)n2C)sc(C)c1C. The number of rotatable bonds is 6. The zero-order valence-electron chi connectivity index (χ0n) is 16.6. The summed E-state index contributed by atoms with van der Waals surface area (Å²) in [4.78, 5) is 25.5. The topological polar surface area (TPSA) is 86.1 Å². The van der Waals surface area contributed by atoms with Crippen LogP contribution in [0.2, 0.25) is 10.0 Å². The van der Waals surface area contributed by atoms with Gasteiger partial charge in [0, 0.05) is 17.5 Å². The summed E-state index contributed by atoms with van der Waals surface area (Å²) in [5, 5.41) is 13.1. The number of hydrogen-bond acceptors (Lipinski definition) is 7. The molecule has 3 aromatic rings. The van der Waals surface area contributed by atoms with Crippen LogP contribution in [0.25, 0.3) is 11.4 Å². The molecule has 1 N–H and O–H groups in total. The maximum atomic E-state index is 12.5. The summed E-state index contributed by atoms with van der Waals surface area (Å²) in [7, 11) is 3.12. The molecule has 0 spiro atoms. The summed E-state index contributed by atoms with van der Waals surface area (Å²) in [5.74, 6) is -0.0249. The van der Waals surface area contributed by atoms with Gasteiger partial charge in [-0.15, -0.1) is 21.5 Å². The van der Waals surface area contributed by atoms with Gasteiger partial charge < -0.3 is 14.6 Å². The van der Waals surface area contributed by atoms with Gasteiger partial charge in [-0.05, 0) is 37.6 Å². The summed E-state index contributed by atoms with van der Waals surface area (Å²) in [6, 6.07) is 5.21. The molecule has 30 heavy (non-hydrogen) atoms. The van der Waals surface area contributed by atoms with Gasteiger partial charge in [-0.3, -0.25) is 4.79 Å². The van der Waals surface area contributed by atoms with Gasteiger partial charge >= 0.3 is 5.97 Å².